The van der Waals surface area contributed by atoms with Crippen LogP contribution in [0.5, 0.6) is 0 Å². The molecule has 0 unspecified atom stereocenters. The van der Waals surface area contributed by atoms with Gasteiger partial charge in [0.15, 0.2) is 0 Å². The molecule has 4 rings (SSSR count). The van der Waals surface area contributed by atoms with E-state index in [0.717, 1.165) is 47.3 Å². The van der Waals surface area contributed by atoms with E-state index in [9.17, 15) is 4.79 Å². The molecule has 1 saturated heterocycles. The highest BCUT2D eigenvalue weighted by Crippen LogP contribution is 2.28. The van der Waals surface area contributed by atoms with E-state index in [-0.39, 0.29) is 18.0 Å². The van der Waals surface area contributed by atoms with Gasteiger partial charge in [-0.15, -0.1) is 23.7 Å². The fourth-order valence-corrected chi connectivity index (χ4v) is 3.56. The molecule has 1 aliphatic heterocycles. The highest BCUT2D eigenvalue weighted by molar-refractivity contribution is 7.17. The number of nitrogens with one attached hydrogen (secondary N) is 1. The Labute approximate surface area is 131 Å². The monoisotopic (exact) mass is 322 g/mol. The van der Waals surface area contributed by atoms with Gasteiger partial charge in [-0.3, -0.25) is 4.79 Å². The molecule has 4 nitrogen and oxygen atoms in total. The quantitative estimate of drug-likeness (QED) is 0.749. The van der Waals surface area contributed by atoms with Gasteiger partial charge >= 0.3 is 0 Å². The van der Waals surface area contributed by atoms with Crippen molar-refractivity contribution in [2.24, 2.45) is 0 Å². The van der Waals surface area contributed by atoms with Gasteiger partial charge in [0.2, 0.25) is 0 Å². The van der Waals surface area contributed by atoms with Crippen LogP contribution in [0.15, 0.2) is 34.4 Å². The lowest BCUT2D eigenvalue weighted by Gasteiger charge is -2.29. The van der Waals surface area contributed by atoms with Crippen molar-refractivity contribution >= 4 is 50.4 Å². The third-order valence-electron chi connectivity index (χ3n) is 3.79. The molecule has 21 heavy (non-hydrogen) atoms. The fourth-order valence-electron chi connectivity index (χ4n) is 2.76. The van der Waals surface area contributed by atoms with E-state index < -0.39 is 0 Å². The highest BCUT2D eigenvalue weighted by Gasteiger charge is 2.13. The topological polar surface area (TPSA) is 45.3 Å². The molecule has 0 bridgehead atoms. The van der Waals surface area contributed by atoms with Crippen LogP contribution in [0.1, 0.15) is 0 Å². The first-order valence-corrected chi connectivity index (χ1v) is 7.57. The summed E-state index contributed by atoms with van der Waals surface area (Å²) in [5, 5.41) is 4.13. The van der Waals surface area contributed by atoms with Crippen molar-refractivity contribution in [2.75, 3.05) is 31.2 Å². The Morgan fingerprint density at radius 1 is 1.14 bits per heavy atom. The van der Waals surface area contributed by atoms with Gasteiger partial charge in [-0.1, -0.05) is 0 Å². The van der Waals surface area contributed by atoms with Crippen molar-refractivity contribution in [3.8, 4) is 0 Å². The largest absolute Gasteiger partial charge is 0.378 e. The number of pyridine rings is 1. The van der Waals surface area contributed by atoms with Crippen molar-refractivity contribution < 1.29 is 4.74 Å². The smallest absolute Gasteiger partial charge is 0.266 e. The third kappa shape index (κ3) is 2.41. The molecule has 0 aliphatic carbocycles. The number of ether oxygens (including phenoxy) is 1. The van der Waals surface area contributed by atoms with Crippen molar-refractivity contribution in [1.82, 2.24) is 4.98 Å². The molecule has 0 spiro atoms. The van der Waals surface area contributed by atoms with Crippen LogP contribution < -0.4 is 10.5 Å². The first kappa shape index (κ1) is 14.4. The number of anilines is 1. The second-order valence-corrected chi connectivity index (χ2v) is 5.86. The second-order valence-electron chi connectivity index (χ2n) is 4.95. The maximum Gasteiger partial charge on any atom is 0.266 e. The first-order chi connectivity index (χ1) is 9.83. The van der Waals surface area contributed by atoms with Gasteiger partial charge in [0.1, 0.15) is 4.70 Å². The molecule has 1 N–H and O–H groups in total. The average molecular weight is 323 g/mol. The maximum atomic E-state index is 12.0. The zero-order valence-corrected chi connectivity index (χ0v) is 12.9. The third-order valence-corrected chi connectivity index (χ3v) is 4.70. The lowest BCUT2D eigenvalue weighted by molar-refractivity contribution is 0.122. The van der Waals surface area contributed by atoms with Crippen molar-refractivity contribution in [3.63, 3.8) is 0 Å². The van der Waals surface area contributed by atoms with Crippen LogP contribution >= 0.6 is 23.7 Å². The van der Waals surface area contributed by atoms with Crippen molar-refractivity contribution in [2.45, 2.75) is 0 Å². The molecule has 3 heterocycles. The van der Waals surface area contributed by atoms with Gasteiger partial charge in [0, 0.05) is 35.1 Å². The molecule has 0 saturated carbocycles. The number of hydrogen-bond donors (Lipinski definition) is 1. The fraction of sp³-hybridized carbons (Fsp3) is 0.267. The molecule has 0 atom stereocenters. The van der Waals surface area contributed by atoms with Crippen LogP contribution in [0.2, 0.25) is 0 Å². The molecule has 1 fully saturated rings. The molecule has 0 radical (unpaired) electrons. The lowest BCUT2D eigenvalue weighted by atomic mass is 10.1. The summed E-state index contributed by atoms with van der Waals surface area (Å²) in [7, 11) is 0. The number of benzene rings is 1. The number of thiophene rings is 1. The summed E-state index contributed by atoms with van der Waals surface area (Å²) in [6.45, 7) is 3.39. The highest BCUT2D eigenvalue weighted by atomic mass is 35.5. The Bertz CT molecular complexity index is 836. The minimum Gasteiger partial charge on any atom is -0.378 e. The number of aromatic amines is 1. The Hall–Kier alpha value is -1.56. The van der Waals surface area contributed by atoms with Gasteiger partial charge in [-0.05, 0) is 29.6 Å². The van der Waals surface area contributed by atoms with Crippen LogP contribution in [0.3, 0.4) is 0 Å². The molecule has 1 aromatic carbocycles. The minimum atomic E-state index is 0. The summed E-state index contributed by atoms with van der Waals surface area (Å²) in [6.07, 6.45) is 0. The van der Waals surface area contributed by atoms with Gasteiger partial charge < -0.3 is 14.6 Å². The first-order valence-electron chi connectivity index (χ1n) is 6.69. The van der Waals surface area contributed by atoms with Gasteiger partial charge in [0.25, 0.3) is 5.56 Å². The summed E-state index contributed by atoms with van der Waals surface area (Å²) < 4.78 is 6.20. The molecule has 6 heteroatoms. The van der Waals surface area contributed by atoms with Crippen LogP contribution in [-0.4, -0.2) is 31.3 Å². The van der Waals surface area contributed by atoms with E-state index in [2.05, 4.69) is 22.0 Å². The number of rotatable bonds is 1. The van der Waals surface area contributed by atoms with E-state index in [0.29, 0.717) is 0 Å². The summed E-state index contributed by atoms with van der Waals surface area (Å²) in [5.41, 5.74) is 2.10. The number of halogens is 1. The van der Waals surface area contributed by atoms with Crippen molar-refractivity contribution in [1.29, 1.82) is 0 Å². The van der Waals surface area contributed by atoms with E-state index >= 15 is 0 Å². The number of fused-ring (bicyclic) bond motifs is 3. The van der Waals surface area contributed by atoms with E-state index in [1.807, 2.05) is 17.5 Å². The predicted molar refractivity (Wildman–Crippen MR) is 90.2 cm³/mol. The lowest BCUT2D eigenvalue weighted by Crippen LogP contribution is -2.36. The zero-order chi connectivity index (χ0) is 13.5. The second kappa shape index (κ2) is 5.67. The SMILES string of the molecule is Cl.O=c1[nH]c2ccc(N3CCOCC3)cc2c2ccsc12. The van der Waals surface area contributed by atoms with E-state index in [4.69, 9.17) is 4.74 Å². The Balaban J connectivity index is 0.00000132. The molecule has 0 amide bonds. The van der Waals surface area contributed by atoms with E-state index in [1.165, 1.54) is 17.0 Å². The summed E-state index contributed by atoms with van der Waals surface area (Å²) >= 11 is 1.49. The molecule has 3 aromatic rings. The summed E-state index contributed by atoms with van der Waals surface area (Å²) in [6, 6.07) is 8.27. The van der Waals surface area contributed by atoms with Crippen LogP contribution in [0.25, 0.3) is 21.0 Å². The Morgan fingerprint density at radius 2 is 1.95 bits per heavy atom. The number of morpholine rings is 1. The van der Waals surface area contributed by atoms with Gasteiger partial charge in [-0.25, -0.2) is 0 Å². The minimum absolute atomic E-state index is 0. The van der Waals surface area contributed by atoms with Gasteiger partial charge in [-0.2, -0.15) is 0 Å². The van der Waals surface area contributed by atoms with Gasteiger partial charge in [0.05, 0.1) is 13.2 Å². The summed E-state index contributed by atoms with van der Waals surface area (Å²) in [5.74, 6) is 0. The molecule has 110 valence electrons. The number of hydrogen-bond acceptors (Lipinski definition) is 4. The Morgan fingerprint density at radius 3 is 2.76 bits per heavy atom. The normalized spacial score (nSPS) is 15.3. The zero-order valence-electron chi connectivity index (χ0n) is 11.3. The number of H-pyrrole nitrogens is 1. The molecule has 2 aromatic heterocycles. The maximum absolute atomic E-state index is 12.0. The number of aromatic nitrogens is 1. The standard InChI is InChI=1S/C15H14N2O2S.ClH/c18-15-14-11(3-8-20-14)12-9-10(1-2-13(12)16-15)17-4-6-19-7-5-17;/h1-3,8-9H,4-7H2,(H,16,18);1H. The predicted octanol–water partition coefficient (Wildman–Crippen LogP) is 3.00. The Kier molecular flexibility index (Phi) is 3.89. The number of nitrogens with zero attached hydrogens (tertiary/aromatic N) is 1. The van der Waals surface area contributed by atoms with Crippen LogP contribution in [0, 0.1) is 0 Å². The molecular formula is C15H15ClN2O2S. The molecule has 1 aliphatic rings. The van der Waals surface area contributed by atoms with Crippen LogP contribution in [-0.2, 0) is 4.74 Å². The van der Waals surface area contributed by atoms with Crippen molar-refractivity contribution in [3.05, 3.63) is 40.0 Å². The summed E-state index contributed by atoms with van der Waals surface area (Å²) in [4.78, 5) is 17.3. The van der Waals surface area contributed by atoms with Crippen LogP contribution in [0.4, 0.5) is 5.69 Å². The van der Waals surface area contributed by atoms with E-state index in [1.54, 1.807) is 0 Å². The molecular weight excluding hydrogens is 308 g/mol. The average Bonchev–Trinajstić information content (AvgIpc) is 2.98.